The summed E-state index contributed by atoms with van der Waals surface area (Å²) in [6.07, 6.45) is 3.69. The highest BCUT2D eigenvalue weighted by atomic mass is 16.4. The van der Waals surface area contributed by atoms with Gasteiger partial charge in [-0.05, 0) is 19.3 Å². The second-order valence-corrected chi connectivity index (χ2v) is 6.62. The van der Waals surface area contributed by atoms with Crippen molar-refractivity contribution in [1.82, 2.24) is 10.6 Å². The van der Waals surface area contributed by atoms with Crippen LogP contribution in [-0.2, 0) is 14.4 Å². The average Bonchev–Trinajstić information content (AvgIpc) is 2.50. The standard InChI is InChI=1S/C16H28N2O4/c1-4-16(2,3)15(22)18-10-9-17-13(19)11-7-5-6-8-12(11)14(20)21/h11-12H,4-10H2,1-3H3,(H,17,19)(H,18,22)(H,20,21). The van der Waals surface area contributed by atoms with Crippen molar-refractivity contribution < 1.29 is 19.5 Å². The molecule has 0 aliphatic heterocycles. The Labute approximate surface area is 132 Å². The molecule has 1 fully saturated rings. The first-order valence-corrected chi connectivity index (χ1v) is 8.08. The van der Waals surface area contributed by atoms with Gasteiger partial charge in [-0.1, -0.05) is 33.6 Å². The molecular weight excluding hydrogens is 284 g/mol. The predicted molar refractivity (Wildman–Crippen MR) is 83.2 cm³/mol. The Hall–Kier alpha value is -1.59. The normalized spacial score (nSPS) is 22.0. The van der Waals surface area contributed by atoms with E-state index in [4.69, 9.17) is 0 Å². The molecule has 6 nitrogen and oxygen atoms in total. The number of carbonyl (C=O) groups excluding carboxylic acids is 2. The number of amides is 2. The summed E-state index contributed by atoms with van der Waals surface area (Å²) >= 11 is 0. The zero-order valence-corrected chi connectivity index (χ0v) is 13.8. The molecule has 1 aliphatic carbocycles. The smallest absolute Gasteiger partial charge is 0.307 e. The van der Waals surface area contributed by atoms with Gasteiger partial charge in [0.15, 0.2) is 0 Å². The number of aliphatic carboxylic acids is 1. The summed E-state index contributed by atoms with van der Waals surface area (Å²) in [5, 5.41) is 14.7. The van der Waals surface area contributed by atoms with E-state index < -0.39 is 23.2 Å². The summed E-state index contributed by atoms with van der Waals surface area (Å²) in [6.45, 7) is 6.39. The Bertz CT molecular complexity index is 420. The number of carbonyl (C=O) groups is 3. The second kappa shape index (κ2) is 8.15. The quantitative estimate of drug-likeness (QED) is 0.621. The molecule has 0 aromatic carbocycles. The van der Waals surface area contributed by atoms with Crippen LogP contribution in [0.15, 0.2) is 0 Å². The van der Waals surface area contributed by atoms with Gasteiger partial charge in [0.1, 0.15) is 0 Å². The van der Waals surface area contributed by atoms with Crippen LogP contribution in [0.1, 0.15) is 52.9 Å². The molecule has 1 aliphatic rings. The summed E-state index contributed by atoms with van der Waals surface area (Å²) in [7, 11) is 0. The maximum atomic E-state index is 12.1. The van der Waals surface area contributed by atoms with Crippen LogP contribution in [-0.4, -0.2) is 36.0 Å². The predicted octanol–water partition coefficient (Wildman–Crippen LogP) is 1.55. The van der Waals surface area contributed by atoms with Gasteiger partial charge in [0.2, 0.25) is 11.8 Å². The first-order valence-electron chi connectivity index (χ1n) is 8.08. The second-order valence-electron chi connectivity index (χ2n) is 6.62. The zero-order valence-electron chi connectivity index (χ0n) is 13.8. The van der Waals surface area contributed by atoms with Gasteiger partial charge >= 0.3 is 5.97 Å². The number of carboxylic acids is 1. The van der Waals surface area contributed by atoms with Gasteiger partial charge in [-0.3, -0.25) is 14.4 Å². The van der Waals surface area contributed by atoms with Crippen molar-refractivity contribution in [3.63, 3.8) is 0 Å². The van der Waals surface area contributed by atoms with E-state index >= 15 is 0 Å². The van der Waals surface area contributed by atoms with Crippen LogP contribution in [0.3, 0.4) is 0 Å². The lowest BCUT2D eigenvalue weighted by Crippen LogP contribution is -2.44. The molecule has 0 spiro atoms. The largest absolute Gasteiger partial charge is 0.481 e. The van der Waals surface area contributed by atoms with Gasteiger partial charge in [0, 0.05) is 18.5 Å². The zero-order chi connectivity index (χ0) is 16.8. The lowest BCUT2D eigenvalue weighted by molar-refractivity contribution is -0.148. The van der Waals surface area contributed by atoms with Gasteiger partial charge < -0.3 is 15.7 Å². The molecule has 3 N–H and O–H groups in total. The minimum atomic E-state index is -0.891. The van der Waals surface area contributed by atoms with E-state index in [1.807, 2.05) is 20.8 Å². The van der Waals surface area contributed by atoms with Crippen LogP contribution in [0.2, 0.25) is 0 Å². The maximum Gasteiger partial charge on any atom is 0.307 e. The van der Waals surface area contributed by atoms with Crippen LogP contribution >= 0.6 is 0 Å². The van der Waals surface area contributed by atoms with Crippen molar-refractivity contribution in [2.24, 2.45) is 17.3 Å². The highest BCUT2D eigenvalue weighted by Crippen LogP contribution is 2.30. The Balaban J connectivity index is 2.36. The third kappa shape index (κ3) is 5.00. The number of carboxylic acid groups (broad SMARTS) is 1. The van der Waals surface area contributed by atoms with Crippen LogP contribution in [0, 0.1) is 17.3 Å². The highest BCUT2D eigenvalue weighted by molar-refractivity contribution is 5.85. The first-order chi connectivity index (χ1) is 10.3. The lowest BCUT2D eigenvalue weighted by Gasteiger charge is -2.27. The Kier molecular flexibility index (Phi) is 6.84. The summed E-state index contributed by atoms with van der Waals surface area (Å²) in [5.41, 5.74) is -0.415. The van der Waals surface area contributed by atoms with Gasteiger partial charge in [0.25, 0.3) is 0 Å². The fourth-order valence-electron chi connectivity index (χ4n) is 2.63. The van der Waals surface area contributed by atoms with E-state index in [-0.39, 0.29) is 11.8 Å². The summed E-state index contributed by atoms with van der Waals surface area (Å²) in [6, 6.07) is 0. The maximum absolute atomic E-state index is 12.1. The van der Waals surface area contributed by atoms with E-state index in [1.54, 1.807) is 0 Å². The van der Waals surface area contributed by atoms with Crippen molar-refractivity contribution in [3.05, 3.63) is 0 Å². The Morgan fingerprint density at radius 3 is 2.14 bits per heavy atom. The number of hydrogen-bond acceptors (Lipinski definition) is 3. The van der Waals surface area contributed by atoms with E-state index in [9.17, 15) is 19.5 Å². The highest BCUT2D eigenvalue weighted by Gasteiger charge is 2.35. The summed E-state index contributed by atoms with van der Waals surface area (Å²) < 4.78 is 0. The minimum Gasteiger partial charge on any atom is -0.481 e. The van der Waals surface area contributed by atoms with Crippen molar-refractivity contribution in [1.29, 1.82) is 0 Å². The van der Waals surface area contributed by atoms with Crippen molar-refractivity contribution in [2.75, 3.05) is 13.1 Å². The Morgan fingerprint density at radius 2 is 1.59 bits per heavy atom. The molecule has 1 saturated carbocycles. The molecule has 0 aromatic heterocycles. The molecule has 0 aromatic rings. The fourth-order valence-corrected chi connectivity index (χ4v) is 2.63. The van der Waals surface area contributed by atoms with Crippen molar-refractivity contribution in [3.8, 4) is 0 Å². The minimum absolute atomic E-state index is 0.0367. The molecule has 0 heterocycles. The van der Waals surface area contributed by atoms with E-state index in [0.717, 1.165) is 19.3 Å². The number of hydrogen-bond donors (Lipinski definition) is 3. The first kappa shape index (κ1) is 18.5. The van der Waals surface area contributed by atoms with E-state index in [2.05, 4.69) is 10.6 Å². The molecule has 1 rings (SSSR count). The fraction of sp³-hybridized carbons (Fsp3) is 0.812. The Morgan fingerprint density at radius 1 is 1.05 bits per heavy atom. The van der Waals surface area contributed by atoms with Gasteiger partial charge in [-0.15, -0.1) is 0 Å². The number of nitrogens with one attached hydrogen (secondary N) is 2. The van der Waals surface area contributed by atoms with Gasteiger partial charge in [0.05, 0.1) is 11.8 Å². The van der Waals surface area contributed by atoms with Gasteiger partial charge in [-0.25, -0.2) is 0 Å². The average molecular weight is 312 g/mol. The van der Waals surface area contributed by atoms with Gasteiger partial charge in [-0.2, -0.15) is 0 Å². The topological polar surface area (TPSA) is 95.5 Å². The van der Waals surface area contributed by atoms with Crippen LogP contribution in [0.5, 0.6) is 0 Å². The molecule has 0 saturated heterocycles. The molecule has 22 heavy (non-hydrogen) atoms. The molecule has 0 radical (unpaired) electrons. The molecule has 2 amide bonds. The van der Waals surface area contributed by atoms with Crippen LogP contribution in [0.4, 0.5) is 0 Å². The van der Waals surface area contributed by atoms with E-state index in [1.165, 1.54) is 0 Å². The molecule has 6 heteroatoms. The lowest BCUT2D eigenvalue weighted by atomic mass is 9.79. The molecular formula is C16H28N2O4. The third-order valence-electron chi connectivity index (χ3n) is 4.63. The molecule has 0 bridgehead atoms. The van der Waals surface area contributed by atoms with Crippen LogP contribution < -0.4 is 10.6 Å². The van der Waals surface area contributed by atoms with Crippen molar-refractivity contribution >= 4 is 17.8 Å². The van der Waals surface area contributed by atoms with Crippen LogP contribution in [0.25, 0.3) is 0 Å². The van der Waals surface area contributed by atoms with E-state index in [0.29, 0.717) is 25.9 Å². The van der Waals surface area contributed by atoms with Crippen molar-refractivity contribution in [2.45, 2.75) is 52.9 Å². The summed E-state index contributed by atoms with van der Waals surface area (Å²) in [5.74, 6) is -2.17. The third-order valence-corrected chi connectivity index (χ3v) is 4.63. The molecule has 126 valence electrons. The monoisotopic (exact) mass is 312 g/mol. The summed E-state index contributed by atoms with van der Waals surface area (Å²) in [4.78, 5) is 35.2. The molecule has 2 unspecified atom stereocenters. The molecule has 2 atom stereocenters. The number of rotatable bonds is 7. The SMILES string of the molecule is CCC(C)(C)C(=O)NCCNC(=O)C1CCCCC1C(=O)O.